The van der Waals surface area contributed by atoms with Gasteiger partial charge in [-0.15, -0.1) is 0 Å². The maximum atomic E-state index is 11.4. The highest BCUT2D eigenvalue weighted by Crippen LogP contribution is 2.37. The topological polar surface area (TPSA) is 57.3 Å². The number of rotatable bonds is 2. The van der Waals surface area contributed by atoms with Gasteiger partial charge in [0.1, 0.15) is 5.52 Å². The fraction of sp³-hybridized carbons (Fsp3) is 0.0588. The summed E-state index contributed by atoms with van der Waals surface area (Å²) < 4.78 is 7.52. The number of aromatic nitrogens is 1. The molecule has 1 aromatic heterocycles. The van der Waals surface area contributed by atoms with Crippen LogP contribution >= 0.6 is 0 Å². The lowest BCUT2D eigenvalue weighted by atomic mass is 10.1. The van der Waals surface area contributed by atoms with E-state index >= 15 is 0 Å². The van der Waals surface area contributed by atoms with E-state index in [1.54, 1.807) is 18.4 Å². The summed E-state index contributed by atoms with van der Waals surface area (Å²) in [6.07, 6.45) is 6.75. The predicted molar refractivity (Wildman–Crippen MR) is 84.5 cm³/mol. The zero-order valence-electron chi connectivity index (χ0n) is 11.5. The lowest BCUT2D eigenvalue weighted by Gasteiger charge is -2.19. The molecule has 4 rings (SSSR count). The fourth-order valence-electron chi connectivity index (χ4n) is 2.97. The molecule has 0 fully saturated rings. The van der Waals surface area contributed by atoms with Crippen LogP contribution in [0.1, 0.15) is 6.23 Å². The monoisotopic (exact) mass is 292 g/mol. The van der Waals surface area contributed by atoms with E-state index in [9.17, 15) is 10.1 Å². The highest BCUT2D eigenvalue weighted by Gasteiger charge is 2.24. The van der Waals surface area contributed by atoms with E-state index in [0.717, 1.165) is 16.3 Å². The van der Waals surface area contributed by atoms with Gasteiger partial charge in [-0.25, -0.2) is 0 Å². The van der Waals surface area contributed by atoms with Gasteiger partial charge in [0.2, 0.25) is 0 Å². The molecule has 3 aromatic rings. The van der Waals surface area contributed by atoms with Gasteiger partial charge in [-0.3, -0.25) is 14.7 Å². The Hall–Kier alpha value is -3.08. The molecule has 108 valence electrons. The van der Waals surface area contributed by atoms with Crippen LogP contribution in [-0.4, -0.2) is 9.49 Å². The van der Waals surface area contributed by atoms with Crippen molar-refractivity contribution >= 4 is 27.5 Å². The van der Waals surface area contributed by atoms with Gasteiger partial charge in [0.25, 0.3) is 5.69 Å². The lowest BCUT2D eigenvalue weighted by molar-refractivity contribution is -0.383. The van der Waals surface area contributed by atoms with Crippen molar-refractivity contribution in [3.63, 3.8) is 0 Å². The van der Waals surface area contributed by atoms with Gasteiger partial charge in [0.05, 0.1) is 16.7 Å². The molecule has 0 amide bonds. The fourth-order valence-corrected chi connectivity index (χ4v) is 2.97. The first-order valence-corrected chi connectivity index (χ1v) is 6.92. The molecule has 1 aliphatic heterocycles. The third-order valence-electron chi connectivity index (χ3n) is 3.84. The van der Waals surface area contributed by atoms with Crippen LogP contribution in [0.25, 0.3) is 21.8 Å². The number of non-ortho nitro benzene ring substituents is 1. The second-order valence-corrected chi connectivity index (χ2v) is 5.06. The van der Waals surface area contributed by atoms with Crippen LogP contribution in [0.2, 0.25) is 0 Å². The van der Waals surface area contributed by atoms with Gasteiger partial charge < -0.3 is 4.74 Å². The molecule has 5 heteroatoms. The van der Waals surface area contributed by atoms with Crippen LogP contribution in [0.5, 0.6) is 0 Å². The minimum atomic E-state index is -0.395. The van der Waals surface area contributed by atoms with Crippen molar-refractivity contribution < 1.29 is 9.66 Å². The molecule has 0 bridgehead atoms. The molecule has 2 heterocycles. The highest BCUT2D eigenvalue weighted by atomic mass is 16.6. The van der Waals surface area contributed by atoms with Crippen LogP contribution in [0, 0.1) is 10.1 Å². The van der Waals surface area contributed by atoms with E-state index in [4.69, 9.17) is 4.74 Å². The number of allylic oxidation sites excluding steroid dienone is 2. The molecule has 1 atom stereocenters. The number of hydrogen-bond donors (Lipinski definition) is 0. The number of nitro groups is 1. The molecule has 0 N–H and O–H groups in total. The number of para-hydroxylation sites is 2. The molecular weight excluding hydrogens is 280 g/mol. The first-order valence-electron chi connectivity index (χ1n) is 6.92. The van der Waals surface area contributed by atoms with Crippen LogP contribution in [0.3, 0.4) is 0 Å². The Morgan fingerprint density at radius 2 is 1.86 bits per heavy atom. The summed E-state index contributed by atoms with van der Waals surface area (Å²) >= 11 is 0. The molecule has 1 unspecified atom stereocenters. The summed E-state index contributed by atoms with van der Waals surface area (Å²) in [5.74, 6) is 0. The number of fused-ring (bicyclic) bond motifs is 3. The summed E-state index contributed by atoms with van der Waals surface area (Å²) in [6, 6.07) is 12.9. The molecule has 5 nitrogen and oxygen atoms in total. The summed E-state index contributed by atoms with van der Waals surface area (Å²) in [5.41, 5.74) is 1.58. The first-order chi connectivity index (χ1) is 10.8. The van der Waals surface area contributed by atoms with E-state index in [2.05, 4.69) is 0 Å². The zero-order chi connectivity index (χ0) is 15.1. The summed E-state index contributed by atoms with van der Waals surface area (Å²) in [6.45, 7) is 0. The Balaban J connectivity index is 2.16. The summed E-state index contributed by atoms with van der Waals surface area (Å²) in [5, 5.41) is 13.3. The van der Waals surface area contributed by atoms with Gasteiger partial charge >= 0.3 is 0 Å². The van der Waals surface area contributed by atoms with Crippen molar-refractivity contribution in [2.75, 3.05) is 0 Å². The highest BCUT2D eigenvalue weighted by molar-refractivity contribution is 6.11. The number of ether oxygens (including phenoxy) is 1. The summed E-state index contributed by atoms with van der Waals surface area (Å²) in [4.78, 5) is 11.1. The molecule has 22 heavy (non-hydrogen) atoms. The van der Waals surface area contributed by atoms with Crippen LogP contribution < -0.4 is 0 Å². The Morgan fingerprint density at radius 1 is 1.05 bits per heavy atom. The number of nitro benzene ring substituents is 1. The van der Waals surface area contributed by atoms with E-state index in [1.165, 1.54) is 6.07 Å². The second kappa shape index (κ2) is 4.73. The Morgan fingerprint density at radius 3 is 2.64 bits per heavy atom. The third kappa shape index (κ3) is 1.72. The third-order valence-corrected chi connectivity index (χ3v) is 3.84. The lowest BCUT2D eigenvalue weighted by Crippen LogP contribution is -2.10. The average molecular weight is 292 g/mol. The van der Waals surface area contributed by atoms with Crippen LogP contribution in [0.4, 0.5) is 5.69 Å². The molecule has 0 aliphatic carbocycles. The predicted octanol–water partition coefficient (Wildman–Crippen LogP) is 4.30. The molecule has 2 aromatic carbocycles. The maximum Gasteiger partial charge on any atom is 0.293 e. The molecule has 0 spiro atoms. The van der Waals surface area contributed by atoms with Crippen molar-refractivity contribution in [3.8, 4) is 0 Å². The summed E-state index contributed by atoms with van der Waals surface area (Å²) in [7, 11) is 0. The number of hydrogen-bond acceptors (Lipinski definition) is 3. The quantitative estimate of drug-likeness (QED) is 0.522. The smallest absolute Gasteiger partial charge is 0.293 e. The van der Waals surface area contributed by atoms with Crippen molar-refractivity contribution in [3.05, 3.63) is 77.1 Å². The Bertz CT molecular complexity index is 953. The minimum absolute atomic E-state index is 0.0836. The molecule has 0 saturated carbocycles. The Labute approximate surface area is 125 Å². The first kappa shape index (κ1) is 12.6. The van der Waals surface area contributed by atoms with Crippen molar-refractivity contribution in [1.82, 2.24) is 4.57 Å². The molecule has 0 radical (unpaired) electrons. The molecule has 1 aliphatic rings. The standard InChI is InChI=1S/C17H12N2O3/c20-19(21)15-9-5-7-13-12-6-1-2-8-14(12)18(17(13)15)16-10-3-4-11-22-16/h1-11,16H. The van der Waals surface area contributed by atoms with Gasteiger partial charge in [-0.1, -0.05) is 36.4 Å². The van der Waals surface area contributed by atoms with E-state index in [1.807, 2.05) is 47.1 Å². The SMILES string of the molecule is O=[N+]([O-])c1cccc2c3ccccc3n(C3C=CC=CO3)c12. The largest absolute Gasteiger partial charge is 0.474 e. The number of nitrogens with zero attached hydrogens (tertiary/aromatic N) is 2. The van der Waals surface area contributed by atoms with E-state index < -0.39 is 6.23 Å². The van der Waals surface area contributed by atoms with E-state index in [-0.39, 0.29) is 10.6 Å². The van der Waals surface area contributed by atoms with E-state index in [0.29, 0.717) is 5.52 Å². The maximum absolute atomic E-state index is 11.4. The average Bonchev–Trinajstić information content (AvgIpc) is 2.90. The van der Waals surface area contributed by atoms with Gasteiger partial charge in [0.15, 0.2) is 6.23 Å². The molecule has 0 saturated heterocycles. The zero-order valence-corrected chi connectivity index (χ0v) is 11.5. The van der Waals surface area contributed by atoms with Crippen molar-refractivity contribution in [1.29, 1.82) is 0 Å². The van der Waals surface area contributed by atoms with Crippen LogP contribution in [-0.2, 0) is 4.74 Å². The second-order valence-electron chi connectivity index (χ2n) is 5.06. The van der Waals surface area contributed by atoms with Gasteiger partial charge in [-0.05, 0) is 18.2 Å². The van der Waals surface area contributed by atoms with Crippen molar-refractivity contribution in [2.24, 2.45) is 0 Å². The van der Waals surface area contributed by atoms with Crippen molar-refractivity contribution in [2.45, 2.75) is 6.23 Å². The van der Waals surface area contributed by atoms with Crippen LogP contribution in [0.15, 0.2) is 67.0 Å². The molecular formula is C17H12N2O3. The van der Waals surface area contributed by atoms with Gasteiger partial charge in [0, 0.05) is 16.8 Å². The normalized spacial score (nSPS) is 17.0. The minimum Gasteiger partial charge on any atom is -0.474 e. The Kier molecular flexibility index (Phi) is 2.72. The number of benzene rings is 2. The van der Waals surface area contributed by atoms with Gasteiger partial charge in [-0.2, -0.15) is 0 Å².